The van der Waals surface area contributed by atoms with Gasteiger partial charge in [-0.25, -0.2) is 4.99 Å². The highest BCUT2D eigenvalue weighted by Gasteiger charge is 2.09. The van der Waals surface area contributed by atoms with Crippen LogP contribution in [0.15, 0.2) is 59.6 Å². The lowest BCUT2D eigenvalue weighted by Gasteiger charge is -2.25. The van der Waals surface area contributed by atoms with Crippen LogP contribution in [0.3, 0.4) is 0 Å². The Labute approximate surface area is 169 Å². The largest absolute Gasteiger partial charge is 0.357 e. The lowest BCUT2D eigenvalue weighted by molar-refractivity contribution is 0.238. The van der Waals surface area contributed by atoms with Crippen molar-refractivity contribution in [3.05, 3.63) is 71.3 Å². The molecule has 0 saturated heterocycles. The van der Waals surface area contributed by atoms with E-state index in [0.29, 0.717) is 18.2 Å². The van der Waals surface area contributed by atoms with E-state index in [0.717, 1.165) is 37.6 Å². The molecule has 148 valence electrons. The van der Waals surface area contributed by atoms with Gasteiger partial charge in [0.1, 0.15) is 0 Å². The van der Waals surface area contributed by atoms with Gasteiger partial charge in [-0.15, -0.1) is 0 Å². The predicted octanol–water partition coefficient (Wildman–Crippen LogP) is 3.52. The first-order valence-electron chi connectivity index (χ1n) is 9.87. The van der Waals surface area contributed by atoms with Crippen LogP contribution < -0.4 is 10.6 Å². The molecule has 0 amide bonds. The van der Waals surface area contributed by atoms with Gasteiger partial charge in [0.05, 0.1) is 18.2 Å². The van der Waals surface area contributed by atoms with Gasteiger partial charge in [0.25, 0.3) is 0 Å². The van der Waals surface area contributed by atoms with Crippen molar-refractivity contribution in [2.75, 3.05) is 20.1 Å². The molecular weight excluding hydrogens is 346 g/mol. The van der Waals surface area contributed by atoms with Crippen LogP contribution in [0.5, 0.6) is 0 Å². The van der Waals surface area contributed by atoms with Crippen molar-refractivity contribution in [1.82, 2.24) is 15.5 Å². The van der Waals surface area contributed by atoms with Crippen molar-refractivity contribution in [3.8, 4) is 6.07 Å². The fraction of sp³-hybridized carbons (Fsp3) is 0.391. The van der Waals surface area contributed by atoms with E-state index < -0.39 is 0 Å². The zero-order valence-electron chi connectivity index (χ0n) is 17.2. The Hall–Kier alpha value is -2.84. The van der Waals surface area contributed by atoms with Gasteiger partial charge in [-0.1, -0.05) is 42.5 Å². The normalized spacial score (nSPS) is 12.5. The summed E-state index contributed by atoms with van der Waals surface area (Å²) in [4.78, 5) is 7.02. The molecule has 0 spiro atoms. The summed E-state index contributed by atoms with van der Waals surface area (Å²) in [5.74, 6) is 0.824. The van der Waals surface area contributed by atoms with Crippen LogP contribution in [0, 0.1) is 11.3 Å². The topological polar surface area (TPSA) is 63.5 Å². The molecule has 0 aliphatic heterocycles. The first kappa shape index (κ1) is 21.5. The third-order valence-corrected chi connectivity index (χ3v) is 4.73. The van der Waals surface area contributed by atoms with Gasteiger partial charge in [-0.3, -0.25) is 4.90 Å². The average Bonchev–Trinajstić information content (AvgIpc) is 2.73. The van der Waals surface area contributed by atoms with Crippen LogP contribution in [-0.4, -0.2) is 37.0 Å². The summed E-state index contributed by atoms with van der Waals surface area (Å²) in [7, 11) is 2.17. The number of guanidine groups is 1. The fourth-order valence-electron chi connectivity index (χ4n) is 2.84. The monoisotopic (exact) mass is 377 g/mol. The quantitative estimate of drug-likeness (QED) is 0.518. The van der Waals surface area contributed by atoms with E-state index in [1.54, 1.807) is 0 Å². The maximum absolute atomic E-state index is 8.88. The molecule has 0 heterocycles. The lowest BCUT2D eigenvalue weighted by Crippen LogP contribution is -2.40. The molecule has 0 bridgehead atoms. The van der Waals surface area contributed by atoms with Gasteiger partial charge in [-0.2, -0.15) is 5.26 Å². The number of nitrogens with zero attached hydrogens (tertiary/aromatic N) is 3. The summed E-state index contributed by atoms with van der Waals surface area (Å²) in [6, 6.07) is 20.7. The Morgan fingerprint density at radius 2 is 1.79 bits per heavy atom. The molecule has 2 aromatic rings. The predicted molar refractivity (Wildman–Crippen MR) is 116 cm³/mol. The van der Waals surface area contributed by atoms with Gasteiger partial charge in [0.2, 0.25) is 0 Å². The first-order valence-corrected chi connectivity index (χ1v) is 9.87. The number of nitrogens with one attached hydrogen (secondary N) is 2. The summed E-state index contributed by atoms with van der Waals surface area (Å²) in [6.07, 6.45) is 1.03. The van der Waals surface area contributed by atoms with E-state index in [4.69, 9.17) is 5.26 Å². The van der Waals surface area contributed by atoms with Gasteiger partial charge < -0.3 is 10.6 Å². The van der Waals surface area contributed by atoms with Crippen LogP contribution in [0.1, 0.15) is 37.0 Å². The van der Waals surface area contributed by atoms with Crippen LogP contribution in [0.2, 0.25) is 0 Å². The van der Waals surface area contributed by atoms with Crippen LogP contribution in [0.4, 0.5) is 0 Å². The van der Waals surface area contributed by atoms with Crippen molar-refractivity contribution in [2.45, 2.75) is 39.4 Å². The summed E-state index contributed by atoms with van der Waals surface area (Å²) >= 11 is 0. The molecule has 2 N–H and O–H groups in total. The minimum Gasteiger partial charge on any atom is -0.357 e. The Bertz CT molecular complexity index is 762. The smallest absolute Gasteiger partial charge is 0.191 e. The number of hydrogen-bond donors (Lipinski definition) is 2. The first-order chi connectivity index (χ1) is 13.6. The molecule has 0 aliphatic carbocycles. The van der Waals surface area contributed by atoms with E-state index >= 15 is 0 Å². The second-order valence-electron chi connectivity index (χ2n) is 6.97. The van der Waals surface area contributed by atoms with Crippen molar-refractivity contribution < 1.29 is 0 Å². The zero-order valence-corrected chi connectivity index (χ0v) is 17.2. The van der Waals surface area contributed by atoms with E-state index in [-0.39, 0.29) is 0 Å². The molecule has 0 aromatic heterocycles. The second kappa shape index (κ2) is 11.8. The molecule has 2 rings (SSSR count). The summed E-state index contributed by atoms with van der Waals surface area (Å²) in [6.45, 7) is 7.54. The Morgan fingerprint density at radius 3 is 2.43 bits per heavy atom. The zero-order chi connectivity index (χ0) is 20.2. The van der Waals surface area contributed by atoms with Crippen molar-refractivity contribution >= 4 is 5.96 Å². The molecule has 28 heavy (non-hydrogen) atoms. The van der Waals surface area contributed by atoms with E-state index in [1.165, 1.54) is 5.56 Å². The Kier molecular flexibility index (Phi) is 9.03. The number of rotatable bonds is 9. The van der Waals surface area contributed by atoms with Crippen molar-refractivity contribution in [1.29, 1.82) is 5.26 Å². The Morgan fingerprint density at radius 1 is 1.07 bits per heavy atom. The highest BCUT2D eigenvalue weighted by Crippen LogP contribution is 2.08. The van der Waals surface area contributed by atoms with Crippen molar-refractivity contribution in [2.24, 2.45) is 4.99 Å². The van der Waals surface area contributed by atoms with Crippen molar-refractivity contribution in [3.63, 3.8) is 0 Å². The summed E-state index contributed by atoms with van der Waals surface area (Å²) in [5, 5.41) is 15.6. The molecule has 5 heteroatoms. The van der Waals surface area contributed by atoms with Crippen LogP contribution in [0.25, 0.3) is 0 Å². The van der Waals surface area contributed by atoms with Gasteiger partial charge in [0.15, 0.2) is 5.96 Å². The Balaban J connectivity index is 1.80. The van der Waals surface area contributed by atoms with Gasteiger partial charge in [0, 0.05) is 25.7 Å². The molecule has 0 radical (unpaired) electrons. The van der Waals surface area contributed by atoms with Crippen LogP contribution >= 0.6 is 0 Å². The maximum atomic E-state index is 8.88. The van der Waals surface area contributed by atoms with Gasteiger partial charge in [-0.05, 0) is 50.6 Å². The third-order valence-electron chi connectivity index (χ3n) is 4.73. The number of nitriles is 1. The summed E-state index contributed by atoms with van der Waals surface area (Å²) in [5.41, 5.74) is 3.10. The van der Waals surface area contributed by atoms with E-state index in [9.17, 15) is 0 Å². The van der Waals surface area contributed by atoms with E-state index in [2.05, 4.69) is 77.8 Å². The minimum absolute atomic E-state index is 0.467. The molecule has 5 nitrogen and oxygen atoms in total. The standard InChI is InChI=1S/C23H31N5/c1-4-25-23(27-17-21-12-10-20(16-24)11-13-21)26-15-14-19(2)28(3)18-22-8-6-5-7-9-22/h5-13,19H,4,14-15,17-18H2,1-3H3,(H2,25,26,27). The number of hydrogen-bond acceptors (Lipinski definition) is 3. The third kappa shape index (κ3) is 7.42. The maximum Gasteiger partial charge on any atom is 0.191 e. The fourth-order valence-corrected chi connectivity index (χ4v) is 2.84. The molecule has 1 unspecified atom stereocenters. The SMILES string of the molecule is CCNC(=NCc1ccc(C#N)cc1)NCCC(C)N(C)Cc1ccccc1. The van der Waals surface area contributed by atoms with Crippen LogP contribution in [-0.2, 0) is 13.1 Å². The average molecular weight is 378 g/mol. The van der Waals surface area contributed by atoms with Gasteiger partial charge >= 0.3 is 0 Å². The minimum atomic E-state index is 0.467. The molecule has 0 saturated carbocycles. The number of benzene rings is 2. The molecular formula is C23H31N5. The van der Waals surface area contributed by atoms with E-state index in [1.807, 2.05) is 24.3 Å². The molecule has 1 atom stereocenters. The summed E-state index contributed by atoms with van der Waals surface area (Å²) < 4.78 is 0. The highest BCUT2D eigenvalue weighted by atomic mass is 15.2. The molecule has 2 aromatic carbocycles. The molecule has 0 aliphatic rings. The second-order valence-corrected chi connectivity index (χ2v) is 6.97. The number of aliphatic imine (C=N–C) groups is 1. The highest BCUT2D eigenvalue weighted by molar-refractivity contribution is 5.79. The molecule has 0 fully saturated rings. The lowest BCUT2D eigenvalue weighted by atomic mass is 10.1.